The maximum Gasteiger partial charge on any atom is 0.393 e. The number of hydrogen-bond acceptors (Lipinski definition) is 1. The van der Waals surface area contributed by atoms with Crippen LogP contribution in [-0.4, -0.2) is 35.1 Å². The van der Waals surface area contributed by atoms with Gasteiger partial charge in [-0.2, -0.15) is 35.1 Å². The topological polar surface area (TPSA) is 29.1 Å². The molecule has 1 N–H and O–H groups in total. The number of rotatable bonds is 5. The zero-order valence-electron chi connectivity index (χ0n) is 9.39. The lowest BCUT2D eigenvalue weighted by Crippen LogP contribution is -2.65. The van der Waals surface area contributed by atoms with Gasteiger partial charge in [-0.3, -0.25) is 4.79 Å². The molecule has 0 aromatic carbocycles. The molecule has 0 saturated heterocycles. The summed E-state index contributed by atoms with van der Waals surface area (Å²) in [4.78, 5) is 10.7. The van der Waals surface area contributed by atoms with Gasteiger partial charge in [0.2, 0.25) is 0 Å². The van der Waals surface area contributed by atoms with Crippen LogP contribution >= 0.6 is 11.6 Å². The predicted octanol–water partition coefficient (Wildman–Crippen LogP) is 3.25. The van der Waals surface area contributed by atoms with Crippen molar-refractivity contribution in [2.24, 2.45) is 0 Å². The Morgan fingerprint density at radius 1 is 0.947 bits per heavy atom. The molecule has 0 aromatic heterocycles. The zero-order valence-corrected chi connectivity index (χ0v) is 10.1. The van der Waals surface area contributed by atoms with Gasteiger partial charge in [-0.1, -0.05) is 0 Å². The molecule has 0 aliphatic carbocycles. The first-order valence-electron chi connectivity index (χ1n) is 4.60. The van der Waals surface area contributed by atoms with E-state index in [0.717, 1.165) is 13.8 Å². The van der Waals surface area contributed by atoms with Gasteiger partial charge in [0.25, 0.3) is 5.91 Å². The molecular weight excluding hydrogens is 314 g/mol. The molecule has 0 saturated carbocycles. The van der Waals surface area contributed by atoms with E-state index in [0.29, 0.717) is 0 Å². The van der Waals surface area contributed by atoms with Gasteiger partial charge in [-0.15, -0.1) is 0 Å². The van der Waals surface area contributed by atoms with E-state index >= 15 is 0 Å². The van der Waals surface area contributed by atoms with Crippen LogP contribution in [0.1, 0.15) is 13.8 Å². The molecule has 0 unspecified atom stereocenters. The number of amides is 1. The van der Waals surface area contributed by atoms with Gasteiger partial charge < -0.3 is 5.32 Å². The summed E-state index contributed by atoms with van der Waals surface area (Å²) >= 11 is 3.70. The van der Waals surface area contributed by atoms with Crippen molar-refractivity contribution >= 4 is 17.5 Å². The van der Waals surface area contributed by atoms with E-state index in [9.17, 15) is 39.9 Å². The summed E-state index contributed by atoms with van der Waals surface area (Å²) < 4.78 is 101. The van der Waals surface area contributed by atoms with Crippen LogP contribution in [0.25, 0.3) is 0 Å². The Bertz CT molecular complexity index is 351. The van der Waals surface area contributed by atoms with Crippen LogP contribution in [0.5, 0.6) is 0 Å². The van der Waals surface area contributed by atoms with Crippen LogP contribution in [0, 0.1) is 0 Å². The normalized spacial score (nSPS) is 14.7. The monoisotopic (exact) mass is 321 g/mol. The molecule has 0 spiro atoms. The first kappa shape index (κ1) is 18.2. The maximum atomic E-state index is 12.9. The fourth-order valence-corrected chi connectivity index (χ4v) is 0.989. The third kappa shape index (κ3) is 3.03. The summed E-state index contributed by atoms with van der Waals surface area (Å²) in [5, 5.41) is -4.74. The Morgan fingerprint density at radius 2 is 1.32 bits per heavy atom. The lowest BCUT2D eigenvalue weighted by Gasteiger charge is -2.33. The van der Waals surface area contributed by atoms with E-state index in [4.69, 9.17) is 0 Å². The standard InChI is InChI=1S/C8H8ClF8NO/c1-3(2)18-4(19)5(10,11)6(12,13)7(14,15)8(9,16)17/h3H,1-2H3,(H,18,19). The molecule has 0 aliphatic heterocycles. The fraction of sp³-hybridized carbons (Fsp3) is 0.875. The average Bonchev–Trinajstić information content (AvgIpc) is 2.13. The average molecular weight is 322 g/mol. The van der Waals surface area contributed by atoms with Crippen molar-refractivity contribution in [2.75, 3.05) is 0 Å². The number of nitrogens with one attached hydrogen (secondary N) is 1. The highest BCUT2D eigenvalue weighted by Gasteiger charge is 2.82. The molecule has 0 radical (unpaired) electrons. The van der Waals surface area contributed by atoms with E-state index in [1.165, 1.54) is 5.32 Å². The molecule has 0 aromatic rings. The summed E-state index contributed by atoms with van der Waals surface area (Å²) in [6.45, 7) is 2.14. The Hall–Kier alpha value is -0.800. The molecule has 0 rings (SSSR count). The summed E-state index contributed by atoms with van der Waals surface area (Å²) in [7, 11) is 0. The Morgan fingerprint density at radius 3 is 1.58 bits per heavy atom. The van der Waals surface area contributed by atoms with Crippen molar-refractivity contribution in [1.82, 2.24) is 5.32 Å². The predicted molar refractivity (Wildman–Crippen MR) is 48.9 cm³/mol. The largest absolute Gasteiger partial charge is 0.393 e. The Labute approximate surface area is 107 Å². The van der Waals surface area contributed by atoms with Gasteiger partial charge >= 0.3 is 23.1 Å². The van der Waals surface area contributed by atoms with E-state index in [2.05, 4.69) is 11.6 Å². The molecule has 1 amide bonds. The number of carbonyl (C=O) groups excluding carboxylic acids is 1. The first-order chi connectivity index (χ1) is 8.09. The van der Waals surface area contributed by atoms with Crippen molar-refractivity contribution in [1.29, 1.82) is 0 Å². The molecule has 0 aliphatic rings. The molecule has 2 nitrogen and oxygen atoms in total. The van der Waals surface area contributed by atoms with E-state index in [1.807, 2.05) is 0 Å². The quantitative estimate of drug-likeness (QED) is 0.611. The number of carbonyl (C=O) groups is 1. The van der Waals surface area contributed by atoms with Crippen LogP contribution in [0.2, 0.25) is 0 Å². The third-order valence-electron chi connectivity index (χ3n) is 1.85. The van der Waals surface area contributed by atoms with Gasteiger partial charge in [0.15, 0.2) is 0 Å². The molecule has 11 heteroatoms. The van der Waals surface area contributed by atoms with E-state index in [1.54, 1.807) is 0 Å². The highest BCUT2D eigenvalue weighted by Crippen LogP contribution is 2.53. The fourth-order valence-electron chi connectivity index (χ4n) is 0.871. The molecular formula is C8H8ClF8NO. The number of hydrogen-bond donors (Lipinski definition) is 1. The van der Waals surface area contributed by atoms with Gasteiger partial charge in [0.05, 0.1) is 0 Å². The van der Waals surface area contributed by atoms with Gasteiger partial charge in [0, 0.05) is 6.04 Å². The number of alkyl halides is 9. The summed E-state index contributed by atoms with van der Waals surface area (Å²) in [5.74, 6) is -22.2. The van der Waals surface area contributed by atoms with Gasteiger partial charge in [-0.05, 0) is 25.4 Å². The summed E-state index contributed by atoms with van der Waals surface area (Å²) in [6, 6.07) is -1.10. The summed E-state index contributed by atoms with van der Waals surface area (Å²) in [5.41, 5.74) is 0. The Balaban J connectivity index is 5.57. The van der Waals surface area contributed by atoms with Crippen molar-refractivity contribution in [3.05, 3.63) is 0 Å². The highest BCUT2D eigenvalue weighted by molar-refractivity contribution is 6.22. The van der Waals surface area contributed by atoms with Crippen LogP contribution in [0.3, 0.4) is 0 Å². The second-order valence-electron chi connectivity index (χ2n) is 3.85. The minimum absolute atomic E-state index is 1.07. The van der Waals surface area contributed by atoms with Gasteiger partial charge in [-0.25, -0.2) is 0 Å². The highest BCUT2D eigenvalue weighted by atomic mass is 35.5. The lowest BCUT2D eigenvalue weighted by molar-refractivity contribution is -0.337. The van der Waals surface area contributed by atoms with Crippen molar-refractivity contribution in [3.8, 4) is 0 Å². The van der Waals surface area contributed by atoms with E-state index < -0.39 is 35.1 Å². The molecule has 0 fully saturated rings. The zero-order chi connectivity index (χ0) is 15.9. The van der Waals surface area contributed by atoms with Crippen molar-refractivity contribution in [2.45, 2.75) is 43.0 Å². The van der Waals surface area contributed by atoms with Crippen LogP contribution in [0.15, 0.2) is 0 Å². The number of halogens is 9. The maximum absolute atomic E-state index is 12.9. The molecule has 0 bridgehead atoms. The molecule has 114 valence electrons. The Kier molecular flexibility index (Phi) is 4.74. The second-order valence-corrected chi connectivity index (χ2v) is 4.32. The van der Waals surface area contributed by atoms with Crippen LogP contribution in [0.4, 0.5) is 35.1 Å². The van der Waals surface area contributed by atoms with E-state index in [-0.39, 0.29) is 0 Å². The lowest BCUT2D eigenvalue weighted by atomic mass is 10.0. The molecule has 0 atom stereocenters. The second kappa shape index (κ2) is 4.95. The molecule has 0 heterocycles. The van der Waals surface area contributed by atoms with Crippen molar-refractivity contribution < 1.29 is 39.9 Å². The third-order valence-corrected chi connectivity index (χ3v) is 2.09. The summed E-state index contributed by atoms with van der Waals surface area (Å²) in [6.07, 6.45) is 0. The van der Waals surface area contributed by atoms with Crippen LogP contribution < -0.4 is 5.32 Å². The SMILES string of the molecule is CC(C)NC(=O)C(F)(F)C(F)(F)C(F)(F)C(F)(F)Cl. The molecule has 19 heavy (non-hydrogen) atoms. The van der Waals surface area contributed by atoms with Gasteiger partial charge in [0.1, 0.15) is 0 Å². The smallest absolute Gasteiger partial charge is 0.348 e. The van der Waals surface area contributed by atoms with Crippen LogP contribution in [-0.2, 0) is 4.79 Å². The first-order valence-corrected chi connectivity index (χ1v) is 4.98. The minimum atomic E-state index is -6.68. The minimum Gasteiger partial charge on any atom is -0.348 e. The van der Waals surface area contributed by atoms with Crippen molar-refractivity contribution in [3.63, 3.8) is 0 Å².